The number of nitrogens with one attached hydrogen (secondary N) is 1. The van der Waals surface area contributed by atoms with E-state index in [9.17, 15) is 5.11 Å². The molecule has 1 atom stereocenters. The van der Waals surface area contributed by atoms with Crippen molar-refractivity contribution in [1.29, 1.82) is 0 Å². The molecule has 0 amide bonds. The van der Waals surface area contributed by atoms with E-state index in [1.807, 2.05) is 36.4 Å². The summed E-state index contributed by atoms with van der Waals surface area (Å²) < 4.78 is 0. The van der Waals surface area contributed by atoms with Gasteiger partial charge in [-0.2, -0.15) is 15.0 Å². The molecule has 2 aromatic carbocycles. The third-order valence-corrected chi connectivity index (χ3v) is 4.57. The first-order valence-corrected chi connectivity index (χ1v) is 9.11. The van der Waals surface area contributed by atoms with Gasteiger partial charge in [0.1, 0.15) is 11.4 Å². The first kappa shape index (κ1) is 18.9. The Bertz CT molecular complexity index is 845. The molecular weight excluding hydrogens is 371 g/mol. The van der Waals surface area contributed by atoms with E-state index in [0.717, 1.165) is 22.5 Å². The van der Waals surface area contributed by atoms with Crippen LogP contribution >= 0.6 is 23.2 Å². The van der Waals surface area contributed by atoms with Gasteiger partial charge in [0, 0.05) is 34.3 Å². The van der Waals surface area contributed by atoms with E-state index in [1.54, 1.807) is 23.9 Å². The summed E-state index contributed by atoms with van der Waals surface area (Å²) in [7, 11) is 0. The number of aliphatic hydroxyl groups is 1. The molecule has 7 heteroatoms. The molecule has 0 aliphatic heterocycles. The summed E-state index contributed by atoms with van der Waals surface area (Å²) in [6.07, 6.45) is -0.424. The molecule has 3 rings (SSSR count). The van der Waals surface area contributed by atoms with Crippen molar-refractivity contribution in [2.45, 2.75) is 26.1 Å². The summed E-state index contributed by atoms with van der Waals surface area (Å²) in [5.74, 6) is 0. The van der Waals surface area contributed by atoms with Crippen LogP contribution in [0.5, 0.6) is 0 Å². The lowest BCUT2D eigenvalue weighted by molar-refractivity contribution is 0.191. The van der Waals surface area contributed by atoms with Crippen LogP contribution < -0.4 is 5.32 Å². The predicted molar refractivity (Wildman–Crippen MR) is 104 cm³/mol. The van der Waals surface area contributed by atoms with Gasteiger partial charge in [0.25, 0.3) is 0 Å². The molecule has 0 spiro atoms. The number of halogens is 2. The normalized spacial score (nSPS) is 12.3. The van der Waals surface area contributed by atoms with Gasteiger partial charge in [-0.05, 0) is 19.1 Å². The van der Waals surface area contributed by atoms with Crippen molar-refractivity contribution >= 4 is 23.2 Å². The Hall–Kier alpha value is -1.92. The Morgan fingerprint density at radius 2 is 1.73 bits per heavy atom. The zero-order valence-electron chi connectivity index (χ0n) is 14.4. The third-order valence-electron chi connectivity index (χ3n) is 3.87. The van der Waals surface area contributed by atoms with Crippen molar-refractivity contribution in [2.24, 2.45) is 0 Å². The van der Waals surface area contributed by atoms with E-state index in [4.69, 9.17) is 23.2 Å². The van der Waals surface area contributed by atoms with E-state index in [2.05, 4.69) is 15.5 Å². The first-order chi connectivity index (χ1) is 12.5. The van der Waals surface area contributed by atoms with Gasteiger partial charge in [0.2, 0.25) is 0 Å². The number of aliphatic hydroxyl groups excluding tert-OH is 1. The van der Waals surface area contributed by atoms with Crippen LogP contribution in [0.15, 0.2) is 48.5 Å². The molecule has 0 bridgehead atoms. The minimum absolute atomic E-state index is 0.384. The minimum Gasteiger partial charge on any atom is -0.392 e. The Kier molecular flexibility index (Phi) is 6.27. The second-order valence-corrected chi connectivity index (χ2v) is 6.89. The zero-order valence-corrected chi connectivity index (χ0v) is 15.9. The number of hydrogen-bond donors (Lipinski definition) is 2. The average molecular weight is 391 g/mol. The summed E-state index contributed by atoms with van der Waals surface area (Å²) in [5.41, 5.74) is 3.37. The summed E-state index contributed by atoms with van der Waals surface area (Å²) in [6, 6.07) is 15.3. The van der Waals surface area contributed by atoms with Crippen molar-refractivity contribution in [2.75, 3.05) is 6.54 Å². The van der Waals surface area contributed by atoms with Gasteiger partial charge in [0.15, 0.2) is 0 Å². The number of nitrogens with zero attached hydrogens (tertiary/aromatic N) is 3. The Morgan fingerprint density at radius 1 is 1.04 bits per heavy atom. The van der Waals surface area contributed by atoms with Gasteiger partial charge in [0.05, 0.1) is 12.6 Å². The highest BCUT2D eigenvalue weighted by molar-refractivity contribution is 6.35. The van der Waals surface area contributed by atoms with Crippen LogP contribution in [-0.4, -0.2) is 32.7 Å². The lowest BCUT2D eigenvalue weighted by Gasteiger charge is -2.06. The molecule has 26 heavy (non-hydrogen) atoms. The molecule has 3 aromatic rings. The molecule has 5 nitrogen and oxygen atoms in total. The zero-order chi connectivity index (χ0) is 18.5. The van der Waals surface area contributed by atoms with E-state index >= 15 is 0 Å². The van der Waals surface area contributed by atoms with Gasteiger partial charge >= 0.3 is 0 Å². The molecule has 1 heterocycles. The minimum atomic E-state index is -0.424. The van der Waals surface area contributed by atoms with E-state index < -0.39 is 6.10 Å². The van der Waals surface area contributed by atoms with Crippen molar-refractivity contribution < 1.29 is 5.11 Å². The van der Waals surface area contributed by atoms with Crippen LogP contribution in [-0.2, 0) is 13.1 Å². The fourth-order valence-electron chi connectivity index (χ4n) is 2.62. The Labute approximate surface area is 162 Å². The highest BCUT2D eigenvalue weighted by Gasteiger charge is 2.15. The maximum atomic E-state index is 9.44. The van der Waals surface area contributed by atoms with E-state index in [0.29, 0.717) is 29.7 Å². The number of rotatable bonds is 7. The summed E-state index contributed by atoms with van der Waals surface area (Å²) >= 11 is 12.5. The molecule has 0 unspecified atom stereocenters. The van der Waals surface area contributed by atoms with Crippen molar-refractivity contribution in [3.05, 3.63) is 69.8 Å². The van der Waals surface area contributed by atoms with Crippen molar-refractivity contribution in [3.63, 3.8) is 0 Å². The molecule has 0 aliphatic carbocycles. The fourth-order valence-corrected chi connectivity index (χ4v) is 3.13. The SMILES string of the molecule is C[C@H](O)CNCc1nn(Cc2c(Cl)cccc2Cl)nc1-c1ccccc1. The van der Waals surface area contributed by atoms with Gasteiger partial charge in [-0.15, -0.1) is 0 Å². The summed E-state index contributed by atoms with van der Waals surface area (Å²) in [6.45, 7) is 3.11. The molecular formula is C19H20Cl2N4O. The topological polar surface area (TPSA) is 63.0 Å². The molecule has 136 valence electrons. The number of hydrogen-bond acceptors (Lipinski definition) is 4. The fraction of sp³-hybridized carbons (Fsp3) is 0.263. The largest absolute Gasteiger partial charge is 0.392 e. The van der Waals surface area contributed by atoms with Gasteiger partial charge < -0.3 is 10.4 Å². The van der Waals surface area contributed by atoms with Crippen LogP contribution in [0.25, 0.3) is 11.3 Å². The van der Waals surface area contributed by atoms with Gasteiger partial charge in [-0.25, -0.2) is 0 Å². The van der Waals surface area contributed by atoms with Crippen LogP contribution in [0.1, 0.15) is 18.2 Å². The third kappa shape index (κ3) is 4.62. The smallest absolute Gasteiger partial charge is 0.117 e. The lowest BCUT2D eigenvalue weighted by Crippen LogP contribution is -2.24. The Morgan fingerprint density at radius 3 is 2.38 bits per heavy atom. The molecule has 0 radical (unpaired) electrons. The number of benzene rings is 2. The summed E-state index contributed by atoms with van der Waals surface area (Å²) in [5, 5.41) is 23.1. The first-order valence-electron chi connectivity index (χ1n) is 8.35. The highest BCUT2D eigenvalue weighted by atomic mass is 35.5. The van der Waals surface area contributed by atoms with Crippen LogP contribution in [0.4, 0.5) is 0 Å². The second kappa shape index (κ2) is 8.64. The average Bonchev–Trinajstić information content (AvgIpc) is 3.02. The quantitative estimate of drug-likeness (QED) is 0.644. The monoisotopic (exact) mass is 390 g/mol. The van der Waals surface area contributed by atoms with Crippen LogP contribution in [0.2, 0.25) is 10.0 Å². The van der Waals surface area contributed by atoms with Crippen LogP contribution in [0.3, 0.4) is 0 Å². The van der Waals surface area contributed by atoms with Crippen LogP contribution in [0, 0.1) is 0 Å². The maximum absolute atomic E-state index is 9.44. The lowest BCUT2D eigenvalue weighted by atomic mass is 10.1. The highest BCUT2D eigenvalue weighted by Crippen LogP contribution is 2.26. The van der Waals surface area contributed by atoms with Gasteiger partial charge in [-0.3, -0.25) is 0 Å². The molecule has 0 saturated carbocycles. The van der Waals surface area contributed by atoms with E-state index in [1.165, 1.54) is 0 Å². The number of aromatic nitrogens is 3. The molecule has 0 fully saturated rings. The second-order valence-electron chi connectivity index (χ2n) is 6.07. The van der Waals surface area contributed by atoms with Crippen molar-refractivity contribution in [1.82, 2.24) is 20.3 Å². The molecule has 0 saturated heterocycles. The molecule has 2 N–H and O–H groups in total. The van der Waals surface area contributed by atoms with Gasteiger partial charge in [-0.1, -0.05) is 59.6 Å². The predicted octanol–water partition coefficient (Wildman–Crippen LogP) is 3.77. The standard InChI is InChI=1S/C19H20Cl2N4O/c1-13(26)10-22-11-18-19(14-6-3-2-4-7-14)24-25(23-18)12-15-16(20)8-5-9-17(15)21/h2-9,13,22,26H,10-12H2,1H3/t13-/m0/s1. The molecule has 1 aromatic heterocycles. The van der Waals surface area contributed by atoms with E-state index in [-0.39, 0.29) is 0 Å². The van der Waals surface area contributed by atoms with Crippen molar-refractivity contribution in [3.8, 4) is 11.3 Å². The molecule has 0 aliphatic rings. The Balaban J connectivity index is 1.90. The maximum Gasteiger partial charge on any atom is 0.117 e. The summed E-state index contributed by atoms with van der Waals surface area (Å²) in [4.78, 5) is 1.61.